The maximum atomic E-state index is 12.4. The van der Waals surface area contributed by atoms with Gasteiger partial charge in [0.2, 0.25) is 10.0 Å². The van der Waals surface area contributed by atoms with Crippen LogP contribution >= 0.6 is 0 Å². The van der Waals surface area contributed by atoms with E-state index in [0.29, 0.717) is 0 Å². The summed E-state index contributed by atoms with van der Waals surface area (Å²) in [6.07, 6.45) is -1.32. The summed E-state index contributed by atoms with van der Waals surface area (Å²) in [5.41, 5.74) is 4.81. The van der Waals surface area contributed by atoms with E-state index >= 15 is 0 Å². The Morgan fingerprint density at radius 3 is 2.12 bits per heavy atom. The second-order valence-electron chi connectivity index (χ2n) is 5.59. The zero-order valence-corrected chi connectivity index (χ0v) is 14.9. The minimum Gasteiger partial charge on any atom is -0.451 e. The number of imide groups is 1. The van der Waals surface area contributed by atoms with Crippen molar-refractivity contribution in [1.82, 2.24) is 10.0 Å². The van der Waals surface area contributed by atoms with Gasteiger partial charge in [-0.1, -0.05) is 32.0 Å². The summed E-state index contributed by atoms with van der Waals surface area (Å²) < 4.78 is 31.9. The predicted molar refractivity (Wildman–Crippen MR) is 88.7 cm³/mol. The van der Waals surface area contributed by atoms with Crippen molar-refractivity contribution in [3.8, 4) is 0 Å². The first-order valence-corrected chi connectivity index (χ1v) is 8.91. The molecule has 0 saturated carbocycles. The second kappa shape index (κ2) is 8.58. The Labute approximate surface area is 146 Å². The summed E-state index contributed by atoms with van der Waals surface area (Å²) in [6.45, 7) is 4.47. The molecule has 1 rings (SSSR count). The molecule has 0 heterocycles. The van der Waals surface area contributed by atoms with E-state index in [0.717, 1.165) is 0 Å². The molecule has 2 atom stereocenters. The molecule has 10 heteroatoms. The largest absolute Gasteiger partial charge is 0.451 e. The Balaban J connectivity index is 2.88. The number of urea groups is 1. The number of nitrogens with one attached hydrogen (secondary N) is 2. The molecule has 0 fully saturated rings. The first kappa shape index (κ1) is 20.6. The SMILES string of the molecule is CC(C)[C@@H](NS(=O)(=O)c1ccccc1)C(=O)O[C@@H](C)C(=O)NC(N)=O. The fraction of sp³-hybridized carbons (Fsp3) is 0.400. The van der Waals surface area contributed by atoms with Gasteiger partial charge >= 0.3 is 12.0 Å². The summed E-state index contributed by atoms with van der Waals surface area (Å²) in [7, 11) is -3.95. The van der Waals surface area contributed by atoms with E-state index in [1.165, 1.54) is 19.1 Å². The molecule has 4 N–H and O–H groups in total. The zero-order chi connectivity index (χ0) is 19.2. The number of primary amides is 1. The van der Waals surface area contributed by atoms with Crippen molar-refractivity contribution < 1.29 is 27.5 Å². The molecule has 0 aromatic heterocycles. The third-order valence-corrected chi connectivity index (χ3v) is 4.62. The van der Waals surface area contributed by atoms with Gasteiger partial charge in [-0.15, -0.1) is 0 Å². The first-order chi connectivity index (χ1) is 11.5. The van der Waals surface area contributed by atoms with Gasteiger partial charge in [-0.2, -0.15) is 4.72 Å². The molecule has 0 bridgehead atoms. The number of sulfonamides is 1. The summed E-state index contributed by atoms with van der Waals surface area (Å²) in [5, 5.41) is 1.77. The Morgan fingerprint density at radius 2 is 1.64 bits per heavy atom. The van der Waals surface area contributed by atoms with Crippen LogP contribution in [0.3, 0.4) is 0 Å². The Hall–Kier alpha value is -2.46. The molecule has 25 heavy (non-hydrogen) atoms. The number of rotatable bonds is 7. The number of benzene rings is 1. The molecule has 138 valence electrons. The number of hydrogen-bond acceptors (Lipinski definition) is 6. The van der Waals surface area contributed by atoms with E-state index in [9.17, 15) is 22.8 Å². The van der Waals surface area contributed by atoms with Crippen molar-refractivity contribution in [2.24, 2.45) is 11.7 Å². The van der Waals surface area contributed by atoms with Crippen molar-refractivity contribution in [2.45, 2.75) is 37.8 Å². The average molecular weight is 371 g/mol. The van der Waals surface area contributed by atoms with E-state index in [2.05, 4.69) is 4.72 Å². The van der Waals surface area contributed by atoms with Crippen molar-refractivity contribution in [2.75, 3.05) is 0 Å². The van der Waals surface area contributed by atoms with Gasteiger partial charge in [0, 0.05) is 0 Å². The highest BCUT2D eigenvalue weighted by molar-refractivity contribution is 7.89. The third kappa shape index (κ3) is 6.16. The van der Waals surface area contributed by atoms with Crippen LogP contribution in [0.2, 0.25) is 0 Å². The molecule has 0 aliphatic rings. The van der Waals surface area contributed by atoms with Gasteiger partial charge in [-0.25, -0.2) is 13.2 Å². The molecule has 1 aromatic rings. The summed E-state index contributed by atoms with van der Waals surface area (Å²) >= 11 is 0. The highest BCUT2D eigenvalue weighted by Gasteiger charge is 2.31. The maximum absolute atomic E-state index is 12.4. The minimum atomic E-state index is -3.95. The van der Waals surface area contributed by atoms with E-state index in [1.54, 1.807) is 37.4 Å². The third-order valence-electron chi connectivity index (χ3n) is 3.16. The van der Waals surface area contributed by atoms with E-state index < -0.39 is 46.0 Å². The van der Waals surface area contributed by atoms with Crippen molar-refractivity contribution in [3.05, 3.63) is 30.3 Å². The van der Waals surface area contributed by atoms with E-state index in [1.807, 2.05) is 0 Å². The van der Waals surface area contributed by atoms with Crippen LogP contribution in [0, 0.1) is 5.92 Å². The normalized spacial score (nSPS) is 13.8. The van der Waals surface area contributed by atoms with Crippen LogP contribution in [0.4, 0.5) is 4.79 Å². The van der Waals surface area contributed by atoms with Gasteiger partial charge in [0.05, 0.1) is 4.90 Å². The van der Waals surface area contributed by atoms with E-state index in [4.69, 9.17) is 10.5 Å². The summed E-state index contributed by atoms with van der Waals surface area (Å²) in [4.78, 5) is 34.4. The van der Waals surface area contributed by atoms with Gasteiger partial charge in [0.1, 0.15) is 6.04 Å². The summed E-state index contributed by atoms with van der Waals surface area (Å²) in [6, 6.07) is 5.22. The van der Waals surface area contributed by atoms with Gasteiger partial charge < -0.3 is 10.5 Å². The highest BCUT2D eigenvalue weighted by atomic mass is 32.2. The highest BCUT2D eigenvalue weighted by Crippen LogP contribution is 2.13. The number of carbonyl (C=O) groups excluding carboxylic acids is 3. The molecular weight excluding hydrogens is 350 g/mol. The molecule has 0 saturated heterocycles. The molecule has 0 aliphatic carbocycles. The molecule has 1 aromatic carbocycles. The topological polar surface area (TPSA) is 145 Å². The van der Waals surface area contributed by atoms with Crippen molar-refractivity contribution >= 4 is 27.9 Å². The van der Waals surface area contributed by atoms with Crippen LogP contribution in [-0.2, 0) is 24.3 Å². The van der Waals surface area contributed by atoms with Crippen LogP contribution < -0.4 is 15.8 Å². The lowest BCUT2D eigenvalue weighted by Crippen LogP contribution is -2.48. The van der Waals surface area contributed by atoms with Crippen LogP contribution in [0.15, 0.2) is 35.2 Å². The average Bonchev–Trinajstić information content (AvgIpc) is 2.52. The number of hydrogen-bond donors (Lipinski definition) is 3. The van der Waals surface area contributed by atoms with Crippen molar-refractivity contribution in [3.63, 3.8) is 0 Å². The first-order valence-electron chi connectivity index (χ1n) is 7.42. The molecular formula is C15H21N3O6S. The van der Waals surface area contributed by atoms with Gasteiger partial charge in [0.15, 0.2) is 6.10 Å². The lowest BCUT2D eigenvalue weighted by molar-refractivity contribution is -0.157. The summed E-state index contributed by atoms with van der Waals surface area (Å²) in [5.74, 6) is -2.30. The van der Waals surface area contributed by atoms with Crippen molar-refractivity contribution in [1.29, 1.82) is 0 Å². The number of ether oxygens (including phenoxy) is 1. The number of carbonyl (C=O) groups is 3. The van der Waals surface area contributed by atoms with Crippen LogP contribution in [0.1, 0.15) is 20.8 Å². The van der Waals surface area contributed by atoms with E-state index in [-0.39, 0.29) is 4.90 Å². The smallest absolute Gasteiger partial charge is 0.325 e. The van der Waals surface area contributed by atoms with Gasteiger partial charge in [0.25, 0.3) is 5.91 Å². The maximum Gasteiger partial charge on any atom is 0.325 e. The number of nitrogens with two attached hydrogens (primary N) is 1. The molecule has 0 radical (unpaired) electrons. The number of amides is 3. The lowest BCUT2D eigenvalue weighted by atomic mass is 10.1. The number of esters is 1. The molecule has 9 nitrogen and oxygen atoms in total. The molecule has 0 spiro atoms. The fourth-order valence-electron chi connectivity index (χ4n) is 1.82. The van der Waals surface area contributed by atoms with Gasteiger partial charge in [-0.05, 0) is 25.0 Å². The van der Waals surface area contributed by atoms with Crippen LogP contribution in [0.5, 0.6) is 0 Å². The molecule has 0 aliphatic heterocycles. The standard InChI is InChI=1S/C15H21N3O6S/c1-9(2)12(14(20)24-10(3)13(19)17-15(16)21)18-25(22,23)11-7-5-4-6-8-11/h4-10,12,18H,1-3H3,(H3,16,17,19,21)/t10-,12+/m0/s1. The molecule has 0 unspecified atom stereocenters. The van der Waals surface area contributed by atoms with Crippen LogP contribution in [0.25, 0.3) is 0 Å². The molecule has 3 amide bonds. The Kier molecular flexibility index (Phi) is 7.07. The van der Waals surface area contributed by atoms with Gasteiger partial charge in [-0.3, -0.25) is 14.9 Å². The monoisotopic (exact) mass is 371 g/mol. The zero-order valence-electron chi connectivity index (χ0n) is 14.1. The Bertz CT molecular complexity index is 733. The minimum absolute atomic E-state index is 0.00651. The predicted octanol–water partition coefficient (Wildman–Crippen LogP) is 0.116. The Morgan fingerprint density at radius 1 is 1.08 bits per heavy atom. The fourth-order valence-corrected chi connectivity index (χ4v) is 3.17. The quantitative estimate of drug-likeness (QED) is 0.580. The second-order valence-corrected chi connectivity index (χ2v) is 7.30. The lowest BCUT2D eigenvalue weighted by Gasteiger charge is -2.22. The van der Waals surface area contributed by atoms with Crippen LogP contribution in [-0.4, -0.2) is 38.5 Å².